The minimum absolute atomic E-state index is 0.0129. The van der Waals surface area contributed by atoms with Gasteiger partial charge in [-0.1, -0.05) is 141 Å². The van der Waals surface area contributed by atoms with Crippen LogP contribution in [0.1, 0.15) is 214 Å². The van der Waals surface area contributed by atoms with Gasteiger partial charge in [-0.15, -0.1) is 11.8 Å². The number of carbonyl (C=O) groups is 1. The number of rotatable bonds is 2. The predicted octanol–water partition coefficient (Wildman–Crippen LogP) is 16.0. The van der Waals surface area contributed by atoms with Crippen LogP contribution in [-0.2, 0) is 11.2 Å². The van der Waals surface area contributed by atoms with E-state index in [1.165, 1.54) is 115 Å². The third kappa shape index (κ3) is 8.14. The largest absolute Gasteiger partial charge is 0.516 e. The quantitative estimate of drug-likeness (QED) is 0.0859. The van der Waals surface area contributed by atoms with E-state index in [2.05, 4.69) is 139 Å². The van der Waals surface area contributed by atoms with Crippen molar-refractivity contribution in [3.05, 3.63) is 170 Å². The molecule has 4 aliphatic heterocycles. The molecule has 7 fully saturated rings. The van der Waals surface area contributed by atoms with Gasteiger partial charge in [0, 0.05) is 65.3 Å². The van der Waals surface area contributed by atoms with Crippen LogP contribution in [0.25, 0.3) is 17.2 Å². The molecule has 6 N–H and O–H groups in total. The number of aliphatic carboxylic acids is 1. The summed E-state index contributed by atoms with van der Waals surface area (Å²) in [5, 5.41) is 61.6. The number of aliphatic hydroxyl groups is 3. The first-order valence-electron chi connectivity index (χ1n) is 38.2. The Kier molecular flexibility index (Phi) is 13.7. The van der Waals surface area contributed by atoms with Crippen LogP contribution in [0.4, 0.5) is 0 Å². The lowest BCUT2D eigenvalue weighted by Gasteiger charge is -2.76. The molecule has 18 bridgehead atoms. The second-order valence-electron chi connectivity index (χ2n) is 35.0. The molecule has 19 aliphatic rings. The van der Waals surface area contributed by atoms with Gasteiger partial charge in [-0.05, 0) is 272 Å². The maximum Gasteiger partial charge on any atom is 0.306 e. The first-order valence-corrected chi connectivity index (χ1v) is 38.2. The van der Waals surface area contributed by atoms with Crippen molar-refractivity contribution in [1.29, 1.82) is 0 Å². The summed E-state index contributed by atoms with van der Waals surface area (Å²) < 4.78 is 0. The number of aryl methyl sites for hydroxylation is 1. The van der Waals surface area contributed by atoms with Gasteiger partial charge in [0.1, 0.15) is 0 Å². The van der Waals surface area contributed by atoms with Crippen LogP contribution in [0.2, 0.25) is 0 Å². The molecule has 22 rings (SSSR count). The first kappa shape index (κ1) is 59.5. The van der Waals surface area contributed by atoms with Gasteiger partial charge in [-0.3, -0.25) is 4.79 Å². The van der Waals surface area contributed by atoms with Crippen molar-refractivity contribution >= 4 is 23.2 Å². The molecule has 490 valence electrons. The molecule has 15 aliphatic carbocycles. The Morgan fingerprint density at radius 3 is 2.49 bits per heavy atom. The molecule has 7 heteroatoms. The maximum absolute atomic E-state index is 15.0. The molecule has 4 spiro atoms. The summed E-state index contributed by atoms with van der Waals surface area (Å²) in [6.07, 6.45) is 44.3. The average Bonchev–Trinajstić information content (AvgIpc) is 1.20. The van der Waals surface area contributed by atoms with Crippen LogP contribution < -0.4 is 21.1 Å². The summed E-state index contributed by atoms with van der Waals surface area (Å²) in [7, 11) is 0. The molecular weight excluding hydrogens is 1150 g/mol. The number of aliphatic hydroxyl groups excluding tert-OH is 3. The Hall–Kier alpha value is -5.81. The Bertz CT molecular complexity index is 4070. The summed E-state index contributed by atoms with van der Waals surface area (Å²) in [6.45, 7) is 4.15. The number of hydrogen-bond donors (Lipinski definition) is 6. The van der Waals surface area contributed by atoms with Gasteiger partial charge in [0.25, 0.3) is 0 Å². The van der Waals surface area contributed by atoms with E-state index in [0.29, 0.717) is 43.9 Å². The lowest BCUT2D eigenvalue weighted by molar-refractivity contribution is -0.194. The molecule has 7 nitrogen and oxygen atoms in total. The van der Waals surface area contributed by atoms with Gasteiger partial charge in [0.05, 0.1) is 30.2 Å². The van der Waals surface area contributed by atoms with Crippen molar-refractivity contribution in [3.8, 4) is 11.8 Å². The van der Waals surface area contributed by atoms with Gasteiger partial charge in [-0.2, -0.15) is 0 Å². The van der Waals surface area contributed by atoms with Crippen LogP contribution in [0.5, 0.6) is 0 Å². The van der Waals surface area contributed by atoms with Crippen molar-refractivity contribution in [3.63, 3.8) is 0 Å². The van der Waals surface area contributed by atoms with Crippen LogP contribution >= 0.6 is 0 Å². The van der Waals surface area contributed by atoms with E-state index in [1.807, 2.05) is 0 Å². The van der Waals surface area contributed by atoms with Crippen LogP contribution in [0.15, 0.2) is 138 Å². The van der Waals surface area contributed by atoms with E-state index in [0.717, 1.165) is 119 Å². The van der Waals surface area contributed by atoms with Crippen LogP contribution in [-0.4, -0.2) is 51.7 Å². The Labute approximate surface area is 559 Å². The monoisotopic (exact) mass is 1250 g/mol. The second-order valence-corrected chi connectivity index (χ2v) is 35.0. The minimum Gasteiger partial charge on any atom is -0.516 e. The predicted molar refractivity (Wildman–Crippen MR) is 372 cm³/mol. The molecule has 20 unspecified atom stereocenters. The standard InChI is InChI=1S/C87H102N2O5/c1-81-63-30-35-84(38-37-82(52-84)45-61-41-58-25-24-54-16-5-7-20-65(54)69(58)42-62(61)46-82)87(81)49-74(91)78(81)68(79(93)94)28-26-60(51-90)64(53-14-3-2-4-15-53)23-12-39-88-76-29-27-59(50-89-76)55-18-11-19-56(40-55)66-22-9-10-33-85-34-13-32-83-47-70-71(43-57-17-6-8-21-67(57)77(66)70)86(80(83)85,36-31-75(85)92)72(44-63)73(87)48-83/h5-8,11,13,16-21,27,29,32,40,43,47,51,53,58,61-64,66,68-69,71,74-75,78,80,88-92H,2-4,12,14-15,22-26,28,30-31,33-39,41-42,44-46,48-50,52H2,1H3,(H,93,94). The fraction of sp³-hybridized carbons (Fsp3) is 0.598. The number of allylic oxidation sites excluding steroid dienone is 9. The summed E-state index contributed by atoms with van der Waals surface area (Å²) in [6, 6.07) is 28.3. The topological polar surface area (TPSA) is 122 Å². The van der Waals surface area contributed by atoms with Gasteiger partial charge in [-0.25, -0.2) is 0 Å². The molecule has 7 saturated carbocycles. The number of hydrogen-bond acceptors (Lipinski definition) is 6. The highest BCUT2D eigenvalue weighted by molar-refractivity contribution is 5.80. The molecule has 0 radical (unpaired) electrons. The summed E-state index contributed by atoms with van der Waals surface area (Å²) in [5.74, 6) is 11.0. The fourth-order valence-corrected chi connectivity index (χ4v) is 28.9. The normalized spacial score (nSPS) is 44.8. The zero-order valence-corrected chi connectivity index (χ0v) is 56.0. The number of fused-ring (bicyclic) bond motifs is 8. The zero-order valence-electron chi connectivity index (χ0n) is 56.0. The van der Waals surface area contributed by atoms with Gasteiger partial charge in [0.15, 0.2) is 0 Å². The Balaban J connectivity index is 0.822. The smallest absolute Gasteiger partial charge is 0.306 e. The van der Waals surface area contributed by atoms with Crippen molar-refractivity contribution in [2.75, 3.05) is 13.1 Å². The molecule has 3 aromatic carbocycles. The third-order valence-electron chi connectivity index (χ3n) is 31.9. The van der Waals surface area contributed by atoms with Crippen molar-refractivity contribution in [2.45, 2.75) is 211 Å². The lowest BCUT2D eigenvalue weighted by Crippen LogP contribution is -2.70. The SMILES string of the molecule is CC12C3CCC4(CCC5(CC6CC7CCc8ccccc8C7CC6C5)C4)C14CC(O)C2C(C(=O)O)CCC(=CO)C(C1CCCCC1)CCCNC1=CC=C(CN1)c1cccc(c1)C1CC#CCC25CC=CC67C=C8C1=c1ccccc1=CC8C(CCC2O)(C(=C4C6)C3)C75. The third-order valence-corrected chi connectivity index (χ3v) is 31.9. The Morgan fingerprint density at radius 1 is 0.766 bits per heavy atom. The molecule has 4 heterocycles. The second kappa shape index (κ2) is 21.6. The van der Waals surface area contributed by atoms with Gasteiger partial charge >= 0.3 is 5.97 Å². The van der Waals surface area contributed by atoms with Crippen molar-refractivity contribution in [2.24, 2.45) is 97.1 Å². The van der Waals surface area contributed by atoms with Gasteiger partial charge < -0.3 is 31.1 Å². The van der Waals surface area contributed by atoms with E-state index in [1.54, 1.807) is 22.3 Å². The van der Waals surface area contributed by atoms with Crippen molar-refractivity contribution < 1.29 is 25.2 Å². The Morgan fingerprint density at radius 2 is 1.63 bits per heavy atom. The van der Waals surface area contributed by atoms with E-state index in [-0.39, 0.29) is 45.8 Å². The highest BCUT2D eigenvalue weighted by Gasteiger charge is 2.82. The summed E-state index contributed by atoms with van der Waals surface area (Å²) in [4.78, 5) is 15.0. The van der Waals surface area contributed by atoms with Crippen LogP contribution in [0, 0.1) is 109 Å². The number of carboxylic acids is 1. The molecule has 0 saturated heterocycles. The molecule has 20 atom stereocenters. The molecule has 94 heavy (non-hydrogen) atoms. The number of dihydropyridines is 1. The maximum atomic E-state index is 15.0. The zero-order chi connectivity index (χ0) is 63.1. The van der Waals surface area contributed by atoms with E-state index in [9.17, 15) is 20.4 Å². The summed E-state index contributed by atoms with van der Waals surface area (Å²) in [5.41, 5.74) is 12.4. The van der Waals surface area contributed by atoms with Gasteiger partial charge in [0.2, 0.25) is 0 Å². The van der Waals surface area contributed by atoms with E-state index in [4.69, 9.17) is 0 Å². The van der Waals surface area contributed by atoms with Crippen LogP contribution in [0.3, 0.4) is 0 Å². The molecule has 0 amide bonds. The number of benzene rings is 3. The number of nitrogens with one attached hydrogen (secondary N) is 2. The lowest BCUT2D eigenvalue weighted by atomic mass is 9.27. The average molecular weight is 1260 g/mol. The highest BCUT2D eigenvalue weighted by atomic mass is 16.4. The minimum atomic E-state index is -0.777. The fourth-order valence-electron chi connectivity index (χ4n) is 28.9. The highest BCUT2D eigenvalue weighted by Crippen LogP contribution is 2.88. The summed E-state index contributed by atoms with van der Waals surface area (Å²) >= 11 is 0. The molecular formula is C87H102N2O5. The molecule has 3 aromatic rings. The molecule has 0 aromatic heterocycles. The van der Waals surface area contributed by atoms with Crippen molar-refractivity contribution in [1.82, 2.24) is 10.6 Å². The van der Waals surface area contributed by atoms with E-state index >= 15 is 4.79 Å². The first-order chi connectivity index (χ1) is 45.8. The number of carboxylic acid groups (broad SMARTS) is 1. The van der Waals surface area contributed by atoms with E-state index < -0.39 is 51.7 Å².